The Balaban J connectivity index is 1.63. The third-order valence-corrected chi connectivity index (χ3v) is 4.85. The minimum absolute atomic E-state index is 0.913. The summed E-state index contributed by atoms with van der Waals surface area (Å²) in [5.74, 6) is 24.0. The lowest BCUT2D eigenvalue weighted by molar-refractivity contribution is 1.33. The Hall–Kier alpha value is -4.10. The molecule has 0 bridgehead atoms. The van der Waals surface area contributed by atoms with Crippen molar-refractivity contribution in [3.8, 4) is 47.4 Å². The fourth-order valence-corrected chi connectivity index (χ4v) is 2.69. The van der Waals surface area contributed by atoms with Crippen LogP contribution in [0, 0.1) is 75.1 Å². The zero-order chi connectivity index (χ0) is 21.3. The van der Waals surface area contributed by atoms with E-state index in [0.717, 1.165) is 22.3 Å². The average molecular weight is 383 g/mol. The maximum absolute atomic E-state index is 3.09. The summed E-state index contributed by atoms with van der Waals surface area (Å²) in [6.45, 7) is 8.37. The first-order valence-electron chi connectivity index (χ1n) is 9.80. The molecule has 0 amide bonds. The lowest BCUT2D eigenvalue weighted by Crippen LogP contribution is -1.82. The molecular weight excluding hydrogens is 360 g/mol. The Labute approximate surface area is 180 Å². The van der Waals surface area contributed by atoms with Crippen LogP contribution in [-0.2, 0) is 0 Å². The molecule has 0 fully saturated rings. The first-order valence-corrected chi connectivity index (χ1v) is 9.80. The molecule has 0 aliphatic heterocycles. The van der Waals surface area contributed by atoms with E-state index in [1.54, 1.807) is 0 Å². The zero-order valence-electron chi connectivity index (χ0n) is 17.8. The highest BCUT2D eigenvalue weighted by atomic mass is 14.0. The Kier molecular flexibility index (Phi) is 6.81. The van der Waals surface area contributed by atoms with Crippen LogP contribution in [0.25, 0.3) is 0 Å². The minimum Gasteiger partial charge on any atom is -0.0578 e. The summed E-state index contributed by atoms with van der Waals surface area (Å²) in [6.07, 6.45) is 0. The van der Waals surface area contributed by atoms with Crippen LogP contribution in [0.1, 0.15) is 44.5 Å². The van der Waals surface area contributed by atoms with Crippen LogP contribution in [0.2, 0.25) is 0 Å². The second kappa shape index (κ2) is 9.90. The maximum Gasteiger partial charge on any atom is 0.0258 e. The summed E-state index contributed by atoms with van der Waals surface area (Å²) in [5, 5.41) is 0. The predicted octanol–water partition coefficient (Wildman–Crippen LogP) is 5.73. The van der Waals surface area contributed by atoms with Gasteiger partial charge in [0, 0.05) is 22.3 Å². The van der Waals surface area contributed by atoms with E-state index in [0.29, 0.717) is 0 Å². The summed E-state index contributed by atoms with van der Waals surface area (Å²) in [6, 6.07) is 20.2. The van der Waals surface area contributed by atoms with Crippen LogP contribution >= 0.6 is 0 Å². The van der Waals surface area contributed by atoms with E-state index in [9.17, 15) is 0 Å². The van der Waals surface area contributed by atoms with Crippen molar-refractivity contribution in [2.24, 2.45) is 0 Å². The number of hydrogen-bond donors (Lipinski definition) is 0. The van der Waals surface area contributed by atoms with Gasteiger partial charge in [0.05, 0.1) is 0 Å². The van der Waals surface area contributed by atoms with E-state index in [2.05, 4.69) is 99.3 Å². The van der Waals surface area contributed by atoms with Crippen LogP contribution in [0.5, 0.6) is 0 Å². The number of hydrogen-bond acceptors (Lipinski definition) is 0. The molecular formula is C30H22. The molecule has 142 valence electrons. The Morgan fingerprint density at radius 1 is 0.367 bits per heavy atom. The highest BCUT2D eigenvalue weighted by Gasteiger charge is 1.93. The van der Waals surface area contributed by atoms with Crippen molar-refractivity contribution in [1.29, 1.82) is 0 Å². The van der Waals surface area contributed by atoms with Crippen molar-refractivity contribution in [1.82, 2.24) is 0 Å². The second-order valence-corrected chi connectivity index (χ2v) is 7.18. The van der Waals surface area contributed by atoms with Crippen molar-refractivity contribution >= 4 is 0 Å². The van der Waals surface area contributed by atoms with Gasteiger partial charge >= 0.3 is 0 Å². The number of aryl methyl sites for hydroxylation is 4. The quantitative estimate of drug-likeness (QED) is 0.436. The van der Waals surface area contributed by atoms with Gasteiger partial charge in [-0.3, -0.25) is 0 Å². The van der Waals surface area contributed by atoms with E-state index in [1.165, 1.54) is 22.3 Å². The van der Waals surface area contributed by atoms with Crippen LogP contribution in [0.15, 0.2) is 60.7 Å². The first-order chi connectivity index (χ1) is 14.5. The van der Waals surface area contributed by atoms with Gasteiger partial charge in [-0.15, -0.1) is 0 Å². The molecule has 0 saturated heterocycles. The van der Waals surface area contributed by atoms with Gasteiger partial charge in [-0.05, 0) is 122 Å². The van der Waals surface area contributed by atoms with Crippen LogP contribution in [0.3, 0.4) is 0 Å². The molecule has 0 spiro atoms. The standard InChI is InChI=1S/C30H22/c1-23-13-15-29(21-25(23)3)11-7-5-9-27-17-19-28(20-18-27)10-6-8-12-30-16-14-24(2)26(4)22-30/h13-22H,1-4H3. The fourth-order valence-electron chi connectivity index (χ4n) is 2.69. The lowest BCUT2D eigenvalue weighted by Gasteiger charge is -1.98. The molecule has 3 aromatic carbocycles. The van der Waals surface area contributed by atoms with Crippen LogP contribution in [-0.4, -0.2) is 0 Å². The van der Waals surface area contributed by atoms with Gasteiger partial charge in [-0.2, -0.15) is 0 Å². The highest BCUT2D eigenvalue weighted by Crippen LogP contribution is 2.09. The van der Waals surface area contributed by atoms with Gasteiger partial charge in [-0.1, -0.05) is 35.8 Å². The number of benzene rings is 3. The van der Waals surface area contributed by atoms with E-state index >= 15 is 0 Å². The average Bonchev–Trinajstić information content (AvgIpc) is 2.74. The Morgan fingerprint density at radius 3 is 1.00 bits per heavy atom. The van der Waals surface area contributed by atoms with Crippen molar-refractivity contribution in [3.05, 3.63) is 105 Å². The molecule has 3 aromatic rings. The van der Waals surface area contributed by atoms with Crippen LogP contribution < -0.4 is 0 Å². The van der Waals surface area contributed by atoms with Crippen molar-refractivity contribution in [2.75, 3.05) is 0 Å². The van der Waals surface area contributed by atoms with E-state index in [-0.39, 0.29) is 0 Å². The molecule has 3 rings (SSSR count). The first kappa shape index (κ1) is 20.6. The third-order valence-electron chi connectivity index (χ3n) is 4.85. The Bertz CT molecular complexity index is 1210. The molecule has 0 aromatic heterocycles. The third kappa shape index (κ3) is 5.95. The monoisotopic (exact) mass is 382 g/mol. The SMILES string of the molecule is Cc1ccc(C#CC#Cc2ccc(C#CC#Cc3ccc(C)c(C)c3)cc2)cc1C. The van der Waals surface area contributed by atoms with Crippen molar-refractivity contribution in [2.45, 2.75) is 27.7 Å². The molecule has 0 radical (unpaired) electrons. The summed E-state index contributed by atoms with van der Waals surface area (Å²) in [5.41, 5.74) is 8.82. The highest BCUT2D eigenvalue weighted by molar-refractivity contribution is 5.49. The van der Waals surface area contributed by atoms with Crippen molar-refractivity contribution in [3.63, 3.8) is 0 Å². The smallest absolute Gasteiger partial charge is 0.0258 e. The minimum atomic E-state index is 0.913. The molecule has 0 N–H and O–H groups in total. The maximum atomic E-state index is 3.09. The topological polar surface area (TPSA) is 0 Å². The van der Waals surface area contributed by atoms with Crippen molar-refractivity contribution < 1.29 is 0 Å². The number of rotatable bonds is 0. The van der Waals surface area contributed by atoms with E-state index in [4.69, 9.17) is 0 Å². The zero-order valence-corrected chi connectivity index (χ0v) is 17.8. The lowest BCUT2D eigenvalue weighted by atomic mass is 10.1. The van der Waals surface area contributed by atoms with Gasteiger partial charge in [-0.25, -0.2) is 0 Å². The second-order valence-electron chi connectivity index (χ2n) is 7.18. The summed E-state index contributed by atoms with van der Waals surface area (Å²) >= 11 is 0. The normalized spacial score (nSPS) is 8.93. The largest absolute Gasteiger partial charge is 0.0578 e. The van der Waals surface area contributed by atoms with Crippen LogP contribution in [0.4, 0.5) is 0 Å². The van der Waals surface area contributed by atoms with Gasteiger partial charge in [0.15, 0.2) is 0 Å². The van der Waals surface area contributed by atoms with E-state index < -0.39 is 0 Å². The molecule has 0 aliphatic carbocycles. The summed E-state index contributed by atoms with van der Waals surface area (Å²) < 4.78 is 0. The van der Waals surface area contributed by atoms with Gasteiger partial charge < -0.3 is 0 Å². The molecule has 0 saturated carbocycles. The summed E-state index contributed by atoms with van der Waals surface area (Å²) in [4.78, 5) is 0. The molecule has 0 aliphatic rings. The van der Waals surface area contributed by atoms with Gasteiger partial charge in [0.1, 0.15) is 0 Å². The molecule has 0 nitrogen and oxygen atoms in total. The molecule has 0 unspecified atom stereocenters. The Morgan fingerprint density at radius 2 is 0.667 bits per heavy atom. The summed E-state index contributed by atoms with van der Waals surface area (Å²) in [7, 11) is 0. The molecule has 0 heterocycles. The molecule has 0 atom stereocenters. The molecule has 30 heavy (non-hydrogen) atoms. The van der Waals surface area contributed by atoms with E-state index in [1.807, 2.05) is 36.4 Å². The van der Waals surface area contributed by atoms with Gasteiger partial charge in [0.2, 0.25) is 0 Å². The predicted molar refractivity (Wildman–Crippen MR) is 126 cm³/mol. The fraction of sp³-hybridized carbons (Fsp3) is 0.133. The molecule has 0 heteroatoms. The van der Waals surface area contributed by atoms with Gasteiger partial charge in [0.25, 0.3) is 0 Å².